The second-order valence-electron chi connectivity index (χ2n) is 4.24. The zero-order valence-electron chi connectivity index (χ0n) is 10.5. The molecule has 1 saturated heterocycles. The van der Waals surface area contributed by atoms with Crippen LogP contribution in [0.3, 0.4) is 0 Å². The Morgan fingerprint density at radius 1 is 1.53 bits per heavy atom. The molecule has 0 bridgehead atoms. The predicted octanol–water partition coefficient (Wildman–Crippen LogP) is 1.34. The summed E-state index contributed by atoms with van der Waals surface area (Å²) in [6.45, 7) is 2.01. The summed E-state index contributed by atoms with van der Waals surface area (Å²) in [7, 11) is 0. The minimum absolute atomic E-state index is 0.161. The molecule has 19 heavy (non-hydrogen) atoms. The summed E-state index contributed by atoms with van der Waals surface area (Å²) in [5.74, 6) is -1.26. The van der Waals surface area contributed by atoms with Crippen molar-refractivity contribution < 1.29 is 28.5 Å². The van der Waals surface area contributed by atoms with E-state index < -0.39 is 17.4 Å². The highest BCUT2D eigenvalue weighted by Crippen LogP contribution is 2.36. The molecule has 0 aliphatic carbocycles. The Hall–Kier alpha value is -1.66. The molecule has 1 N–H and O–H groups in total. The van der Waals surface area contributed by atoms with Gasteiger partial charge >= 0.3 is 5.97 Å². The number of halogens is 1. The molecule has 1 aromatic rings. The first-order chi connectivity index (χ1) is 9.07. The number of carbonyl (C=O) groups excluding carboxylic acids is 1. The maximum absolute atomic E-state index is 13.8. The van der Waals surface area contributed by atoms with Crippen LogP contribution in [0.2, 0.25) is 0 Å². The van der Waals surface area contributed by atoms with Crippen molar-refractivity contribution in [1.29, 1.82) is 0 Å². The molecule has 1 aromatic carbocycles. The monoisotopic (exact) mass is 270 g/mol. The van der Waals surface area contributed by atoms with Gasteiger partial charge in [-0.15, -0.1) is 0 Å². The van der Waals surface area contributed by atoms with E-state index in [1.54, 1.807) is 6.92 Å². The number of carbonyl (C=O) groups is 1. The summed E-state index contributed by atoms with van der Waals surface area (Å²) in [5.41, 5.74) is -0.717. The van der Waals surface area contributed by atoms with Gasteiger partial charge in [0.05, 0.1) is 19.8 Å². The highest BCUT2D eigenvalue weighted by Gasteiger charge is 2.44. The Morgan fingerprint density at radius 2 is 2.26 bits per heavy atom. The van der Waals surface area contributed by atoms with Crippen LogP contribution in [0.4, 0.5) is 4.39 Å². The number of hydrogen-bond acceptors (Lipinski definition) is 5. The van der Waals surface area contributed by atoms with Crippen LogP contribution < -0.4 is 0 Å². The molecule has 0 saturated carbocycles. The van der Waals surface area contributed by atoms with Crippen LogP contribution in [0.15, 0.2) is 18.2 Å². The molecule has 0 unspecified atom stereocenters. The van der Waals surface area contributed by atoms with Crippen molar-refractivity contribution in [3.8, 4) is 5.75 Å². The van der Waals surface area contributed by atoms with Gasteiger partial charge < -0.3 is 19.3 Å². The van der Waals surface area contributed by atoms with Crippen molar-refractivity contribution in [2.24, 2.45) is 0 Å². The van der Waals surface area contributed by atoms with E-state index >= 15 is 0 Å². The minimum Gasteiger partial charge on any atom is -0.508 e. The fourth-order valence-corrected chi connectivity index (χ4v) is 1.88. The van der Waals surface area contributed by atoms with Crippen molar-refractivity contribution in [3.05, 3.63) is 29.6 Å². The molecule has 0 amide bonds. The average molecular weight is 270 g/mol. The van der Waals surface area contributed by atoms with E-state index in [0.717, 1.165) is 6.07 Å². The average Bonchev–Trinajstić information content (AvgIpc) is 2.30. The Labute approximate surface area is 109 Å². The third-order valence-corrected chi connectivity index (χ3v) is 2.89. The largest absolute Gasteiger partial charge is 0.508 e. The van der Waals surface area contributed by atoms with Crippen LogP contribution in [0, 0.1) is 5.82 Å². The summed E-state index contributed by atoms with van der Waals surface area (Å²) in [5, 5.41) is 9.20. The normalized spacial score (nSPS) is 16.7. The summed E-state index contributed by atoms with van der Waals surface area (Å²) < 4.78 is 29.1. The molecular weight excluding hydrogens is 255 g/mol. The molecule has 0 atom stereocenters. The van der Waals surface area contributed by atoms with E-state index in [1.807, 2.05) is 0 Å². The molecule has 1 heterocycles. The molecule has 0 aromatic heterocycles. The SMILES string of the molecule is CCOC(=O)COC1(c2ccc(O)cc2F)COC1. The summed E-state index contributed by atoms with van der Waals surface area (Å²) in [6, 6.07) is 3.80. The number of phenolic OH excluding ortho intramolecular Hbond substituents is 1. The Bertz CT molecular complexity index is 470. The van der Waals surface area contributed by atoms with Gasteiger partial charge in [0.25, 0.3) is 0 Å². The van der Waals surface area contributed by atoms with Crippen LogP contribution in [0.5, 0.6) is 5.75 Å². The lowest BCUT2D eigenvalue weighted by Gasteiger charge is -2.41. The number of benzene rings is 1. The number of rotatable bonds is 5. The second-order valence-corrected chi connectivity index (χ2v) is 4.24. The standard InChI is InChI=1S/C13H15FO5/c1-2-18-12(16)6-19-13(7-17-8-13)10-4-3-9(15)5-11(10)14/h3-5,15H,2,6-8H2,1H3. The lowest BCUT2D eigenvalue weighted by Crippen LogP contribution is -2.50. The van der Waals surface area contributed by atoms with E-state index in [-0.39, 0.29) is 37.7 Å². The molecule has 0 spiro atoms. The molecule has 104 valence electrons. The number of ether oxygens (including phenoxy) is 3. The van der Waals surface area contributed by atoms with Crippen molar-refractivity contribution in [2.75, 3.05) is 26.4 Å². The molecule has 0 radical (unpaired) electrons. The van der Waals surface area contributed by atoms with E-state index in [4.69, 9.17) is 14.2 Å². The summed E-state index contributed by atoms with van der Waals surface area (Å²) >= 11 is 0. The van der Waals surface area contributed by atoms with Crippen molar-refractivity contribution in [3.63, 3.8) is 0 Å². The second kappa shape index (κ2) is 5.54. The van der Waals surface area contributed by atoms with Crippen molar-refractivity contribution >= 4 is 5.97 Å². The van der Waals surface area contributed by atoms with E-state index in [1.165, 1.54) is 12.1 Å². The van der Waals surface area contributed by atoms with Gasteiger partial charge in [0, 0.05) is 11.6 Å². The zero-order chi connectivity index (χ0) is 13.9. The van der Waals surface area contributed by atoms with Crippen LogP contribution >= 0.6 is 0 Å². The van der Waals surface area contributed by atoms with Gasteiger partial charge in [-0.1, -0.05) is 0 Å². The Kier molecular flexibility index (Phi) is 4.01. The van der Waals surface area contributed by atoms with Crippen LogP contribution in [-0.4, -0.2) is 37.5 Å². The van der Waals surface area contributed by atoms with Crippen LogP contribution in [-0.2, 0) is 24.6 Å². The van der Waals surface area contributed by atoms with Gasteiger partial charge in [-0.3, -0.25) is 0 Å². The van der Waals surface area contributed by atoms with Crippen molar-refractivity contribution in [1.82, 2.24) is 0 Å². The van der Waals surface area contributed by atoms with Gasteiger partial charge in [0.1, 0.15) is 23.8 Å². The fraction of sp³-hybridized carbons (Fsp3) is 0.462. The number of esters is 1. The molecule has 1 aliphatic rings. The van der Waals surface area contributed by atoms with Gasteiger partial charge in [0.2, 0.25) is 0 Å². The van der Waals surface area contributed by atoms with Gasteiger partial charge in [-0.25, -0.2) is 9.18 Å². The minimum atomic E-state index is -0.982. The lowest BCUT2D eigenvalue weighted by molar-refractivity contribution is -0.222. The zero-order valence-corrected chi connectivity index (χ0v) is 10.5. The van der Waals surface area contributed by atoms with Gasteiger partial charge in [-0.2, -0.15) is 0 Å². The predicted molar refractivity (Wildman–Crippen MR) is 63.1 cm³/mol. The summed E-state index contributed by atoms with van der Waals surface area (Å²) in [4.78, 5) is 11.3. The topological polar surface area (TPSA) is 65.0 Å². The highest BCUT2D eigenvalue weighted by molar-refractivity contribution is 5.70. The third kappa shape index (κ3) is 2.85. The van der Waals surface area contributed by atoms with Gasteiger partial charge in [-0.05, 0) is 19.1 Å². The van der Waals surface area contributed by atoms with Crippen LogP contribution in [0.25, 0.3) is 0 Å². The third-order valence-electron chi connectivity index (χ3n) is 2.89. The molecular formula is C13H15FO5. The molecule has 5 nitrogen and oxygen atoms in total. The van der Waals surface area contributed by atoms with E-state index in [0.29, 0.717) is 0 Å². The number of phenols is 1. The maximum atomic E-state index is 13.8. The van der Waals surface area contributed by atoms with E-state index in [2.05, 4.69) is 0 Å². The first-order valence-corrected chi connectivity index (χ1v) is 5.94. The summed E-state index contributed by atoms with van der Waals surface area (Å²) in [6.07, 6.45) is 0. The molecule has 1 aliphatic heterocycles. The first kappa shape index (κ1) is 13.8. The fourth-order valence-electron chi connectivity index (χ4n) is 1.88. The molecule has 2 rings (SSSR count). The van der Waals surface area contributed by atoms with Gasteiger partial charge in [0.15, 0.2) is 0 Å². The van der Waals surface area contributed by atoms with Crippen molar-refractivity contribution in [2.45, 2.75) is 12.5 Å². The van der Waals surface area contributed by atoms with Crippen LogP contribution in [0.1, 0.15) is 12.5 Å². The lowest BCUT2D eigenvalue weighted by atomic mass is 9.91. The number of hydrogen-bond donors (Lipinski definition) is 1. The first-order valence-electron chi connectivity index (χ1n) is 5.94. The molecule has 1 fully saturated rings. The molecule has 6 heteroatoms. The Balaban J connectivity index is 2.11. The maximum Gasteiger partial charge on any atom is 0.332 e. The quantitative estimate of drug-likeness (QED) is 0.818. The Morgan fingerprint density at radius 3 is 2.79 bits per heavy atom. The number of aromatic hydroxyl groups is 1. The highest BCUT2D eigenvalue weighted by atomic mass is 19.1. The smallest absolute Gasteiger partial charge is 0.332 e. The van der Waals surface area contributed by atoms with E-state index in [9.17, 15) is 14.3 Å².